The number of anilines is 1. The van der Waals surface area contributed by atoms with Crippen LogP contribution in [0.3, 0.4) is 0 Å². The number of carbonyl (C=O) groups is 2. The van der Waals surface area contributed by atoms with Crippen LogP contribution < -0.4 is 14.8 Å². The minimum absolute atomic E-state index is 0.0206. The third-order valence-corrected chi connectivity index (χ3v) is 4.52. The van der Waals surface area contributed by atoms with Crippen molar-refractivity contribution >= 4 is 40.7 Å². The van der Waals surface area contributed by atoms with Crippen LogP contribution >= 0.6 is 23.2 Å². The van der Waals surface area contributed by atoms with E-state index in [1.165, 1.54) is 42.3 Å². The molecule has 0 atom stereocenters. The second-order valence-electron chi connectivity index (χ2n) is 6.11. The second-order valence-corrected chi connectivity index (χ2v) is 6.96. The van der Waals surface area contributed by atoms with Gasteiger partial charge < -0.3 is 19.7 Å². The average molecular weight is 461 g/mol. The molecule has 0 aliphatic heterocycles. The van der Waals surface area contributed by atoms with Crippen LogP contribution in [0.25, 0.3) is 0 Å². The van der Waals surface area contributed by atoms with E-state index in [1.807, 2.05) is 6.92 Å². The van der Waals surface area contributed by atoms with E-state index >= 15 is 0 Å². The van der Waals surface area contributed by atoms with Crippen LogP contribution in [0, 0.1) is 0 Å². The summed E-state index contributed by atoms with van der Waals surface area (Å²) in [6, 6.07) is 8.77. The molecule has 0 heterocycles. The predicted molar refractivity (Wildman–Crippen MR) is 111 cm³/mol. The van der Waals surface area contributed by atoms with Gasteiger partial charge in [0.25, 0.3) is 5.91 Å². The molecule has 0 unspecified atom stereocenters. The maximum atomic E-state index is 13.0. The Balaban J connectivity index is 2.26. The standard InChI is InChI=1S/C20H20Cl2F2N2O4/c1-3-9-26(11-17(27)25-15-10-12(21)7-8-14(15)22)19(28)13-5-4-6-16(29-2)18(13)30-20(23)24/h4-8,10,20H,3,9,11H2,1-2H3,(H,25,27). The van der Waals surface area contributed by atoms with E-state index in [0.717, 1.165) is 0 Å². The van der Waals surface area contributed by atoms with E-state index in [0.29, 0.717) is 17.1 Å². The molecule has 0 radical (unpaired) electrons. The van der Waals surface area contributed by atoms with Crippen LogP contribution in [0.5, 0.6) is 11.5 Å². The molecule has 2 aromatic rings. The molecule has 0 saturated heterocycles. The lowest BCUT2D eigenvalue weighted by Gasteiger charge is -2.23. The van der Waals surface area contributed by atoms with Crippen LogP contribution in [0.2, 0.25) is 10.0 Å². The lowest BCUT2D eigenvalue weighted by atomic mass is 10.1. The van der Waals surface area contributed by atoms with Gasteiger partial charge in [-0.1, -0.05) is 36.2 Å². The molecule has 2 amide bonds. The number of ether oxygens (including phenoxy) is 2. The maximum absolute atomic E-state index is 13.0. The highest BCUT2D eigenvalue weighted by molar-refractivity contribution is 6.35. The van der Waals surface area contributed by atoms with Gasteiger partial charge in [0.2, 0.25) is 5.91 Å². The Morgan fingerprint density at radius 1 is 1.20 bits per heavy atom. The topological polar surface area (TPSA) is 67.9 Å². The highest BCUT2D eigenvalue weighted by Gasteiger charge is 2.25. The normalized spacial score (nSPS) is 10.6. The molecule has 0 aliphatic rings. The number of alkyl halides is 2. The van der Waals surface area contributed by atoms with E-state index in [4.69, 9.17) is 27.9 Å². The van der Waals surface area contributed by atoms with E-state index in [1.54, 1.807) is 6.07 Å². The smallest absolute Gasteiger partial charge is 0.387 e. The zero-order valence-corrected chi connectivity index (χ0v) is 17.8. The molecule has 0 aliphatic carbocycles. The highest BCUT2D eigenvalue weighted by atomic mass is 35.5. The monoisotopic (exact) mass is 460 g/mol. The van der Waals surface area contributed by atoms with Gasteiger partial charge in [0.1, 0.15) is 6.54 Å². The number of halogens is 4. The zero-order valence-electron chi connectivity index (χ0n) is 16.3. The molecule has 162 valence electrons. The van der Waals surface area contributed by atoms with Gasteiger partial charge in [-0.25, -0.2) is 0 Å². The first kappa shape index (κ1) is 23.7. The van der Waals surface area contributed by atoms with Crippen molar-refractivity contribution in [1.82, 2.24) is 4.90 Å². The SMILES string of the molecule is CCCN(CC(=O)Nc1cc(Cl)ccc1Cl)C(=O)c1cccc(OC)c1OC(F)F. The summed E-state index contributed by atoms with van der Waals surface area (Å²) in [4.78, 5) is 26.8. The first-order valence-electron chi connectivity index (χ1n) is 8.92. The summed E-state index contributed by atoms with van der Waals surface area (Å²) >= 11 is 12.0. The molecule has 0 fully saturated rings. The Morgan fingerprint density at radius 2 is 1.93 bits per heavy atom. The Kier molecular flexibility index (Phi) is 8.68. The average Bonchev–Trinajstić information content (AvgIpc) is 2.69. The largest absolute Gasteiger partial charge is 0.493 e. The Morgan fingerprint density at radius 3 is 2.57 bits per heavy atom. The van der Waals surface area contributed by atoms with Gasteiger partial charge in [-0.2, -0.15) is 8.78 Å². The van der Waals surface area contributed by atoms with Crippen molar-refractivity contribution in [3.05, 3.63) is 52.0 Å². The van der Waals surface area contributed by atoms with Crippen molar-refractivity contribution in [2.45, 2.75) is 20.0 Å². The van der Waals surface area contributed by atoms with Crippen LogP contribution in [0.4, 0.5) is 14.5 Å². The quantitative estimate of drug-likeness (QED) is 0.565. The van der Waals surface area contributed by atoms with Gasteiger partial charge in [0.15, 0.2) is 11.5 Å². The number of methoxy groups -OCH3 is 1. The molecule has 0 spiro atoms. The fourth-order valence-corrected chi connectivity index (χ4v) is 3.04. The summed E-state index contributed by atoms with van der Waals surface area (Å²) in [5, 5.41) is 3.25. The number of nitrogens with zero attached hydrogens (tertiary/aromatic N) is 1. The van der Waals surface area contributed by atoms with Crippen molar-refractivity contribution in [2.75, 3.05) is 25.5 Å². The van der Waals surface area contributed by atoms with Gasteiger partial charge in [-0.3, -0.25) is 9.59 Å². The Hall–Kier alpha value is -2.58. The van der Waals surface area contributed by atoms with E-state index in [2.05, 4.69) is 10.1 Å². The molecule has 2 aromatic carbocycles. The van der Waals surface area contributed by atoms with E-state index < -0.39 is 18.4 Å². The molecule has 30 heavy (non-hydrogen) atoms. The number of benzene rings is 2. The summed E-state index contributed by atoms with van der Waals surface area (Å²) in [7, 11) is 1.27. The minimum atomic E-state index is -3.15. The number of hydrogen-bond acceptors (Lipinski definition) is 4. The van der Waals surface area contributed by atoms with E-state index in [-0.39, 0.29) is 35.2 Å². The number of rotatable bonds is 9. The lowest BCUT2D eigenvalue weighted by molar-refractivity contribution is -0.116. The summed E-state index contributed by atoms with van der Waals surface area (Å²) in [6.45, 7) is -1.46. The van der Waals surface area contributed by atoms with Crippen molar-refractivity contribution in [2.24, 2.45) is 0 Å². The molecule has 1 N–H and O–H groups in total. The first-order valence-corrected chi connectivity index (χ1v) is 9.68. The van der Waals surface area contributed by atoms with Gasteiger partial charge in [-0.15, -0.1) is 0 Å². The summed E-state index contributed by atoms with van der Waals surface area (Å²) in [6.07, 6.45) is 0.534. The molecule has 0 saturated carbocycles. The molecule has 2 rings (SSSR count). The zero-order chi connectivity index (χ0) is 22.3. The summed E-state index contributed by atoms with van der Waals surface area (Å²) in [5.74, 6) is -1.59. The first-order chi connectivity index (χ1) is 14.3. The number of amides is 2. The third-order valence-electron chi connectivity index (χ3n) is 3.95. The summed E-state index contributed by atoms with van der Waals surface area (Å²) < 4.78 is 35.3. The fourth-order valence-electron chi connectivity index (χ4n) is 2.70. The number of para-hydroxylation sites is 1. The molecule has 6 nitrogen and oxygen atoms in total. The van der Waals surface area contributed by atoms with Crippen LogP contribution in [-0.2, 0) is 4.79 Å². The maximum Gasteiger partial charge on any atom is 0.387 e. The Labute approximate surface area is 182 Å². The molecule has 0 aromatic heterocycles. The van der Waals surface area contributed by atoms with Crippen molar-refractivity contribution in [1.29, 1.82) is 0 Å². The number of hydrogen-bond donors (Lipinski definition) is 1. The van der Waals surface area contributed by atoms with Gasteiger partial charge >= 0.3 is 6.61 Å². The Bertz CT molecular complexity index is 912. The van der Waals surface area contributed by atoms with Crippen LogP contribution in [-0.4, -0.2) is 43.5 Å². The van der Waals surface area contributed by atoms with Gasteiger partial charge in [-0.05, 0) is 36.8 Å². The highest BCUT2D eigenvalue weighted by Crippen LogP contribution is 2.33. The predicted octanol–water partition coefficient (Wildman–Crippen LogP) is 5.09. The molecule has 0 bridgehead atoms. The number of carbonyl (C=O) groups excluding carboxylic acids is 2. The molecular formula is C20H20Cl2F2N2O4. The van der Waals surface area contributed by atoms with Gasteiger partial charge in [0, 0.05) is 11.6 Å². The third kappa shape index (κ3) is 6.21. The van der Waals surface area contributed by atoms with E-state index in [9.17, 15) is 18.4 Å². The lowest BCUT2D eigenvalue weighted by Crippen LogP contribution is -2.38. The fraction of sp³-hybridized carbons (Fsp3) is 0.300. The molecule has 10 heteroatoms. The van der Waals surface area contributed by atoms with Crippen molar-refractivity contribution in [3.63, 3.8) is 0 Å². The van der Waals surface area contributed by atoms with Crippen molar-refractivity contribution < 1.29 is 27.8 Å². The molecular weight excluding hydrogens is 441 g/mol. The summed E-state index contributed by atoms with van der Waals surface area (Å²) in [5.41, 5.74) is 0.151. The van der Waals surface area contributed by atoms with Crippen LogP contribution in [0.15, 0.2) is 36.4 Å². The second kappa shape index (κ2) is 11.0. The van der Waals surface area contributed by atoms with Crippen molar-refractivity contribution in [3.8, 4) is 11.5 Å². The number of nitrogens with one attached hydrogen (secondary N) is 1. The minimum Gasteiger partial charge on any atom is -0.493 e. The van der Waals surface area contributed by atoms with Crippen LogP contribution in [0.1, 0.15) is 23.7 Å². The van der Waals surface area contributed by atoms with Gasteiger partial charge in [0.05, 0.1) is 23.4 Å².